The van der Waals surface area contributed by atoms with Crippen molar-refractivity contribution >= 4 is 71.8 Å². The summed E-state index contributed by atoms with van der Waals surface area (Å²) in [6, 6.07) is 15.5. The molecule has 26 heteroatoms. The normalized spacial score (nSPS) is 17.0. The third-order valence-electron chi connectivity index (χ3n) is 17.8. The lowest BCUT2D eigenvalue weighted by Gasteiger charge is -2.39. The number of nitriles is 1. The molecule has 6 rings (SSSR count). The fraction of sp³-hybridized carbons (Fsp3) is 0.614. The molecule has 536 valence electrons. The molecule has 0 amide bonds. The Morgan fingerprint density at radius 2 is 1.28 bits per heavy atom. The van der Waals surface area contributed by atoms with E-state index in [4.69, 9.17) is 24.0 Å². The Morgan fingerprint density at radius 1 is 0.708 bits per heavy atom. The lowest BCUT2D eigenvalue weighted by Crippen LogP contribution is -2.50. The number of fused-ring (bicyclic) bond motifs is 2. The summed E-state index contributed by atoms with van der Waals surface area (Å²) in [6.07, 6.45) is 23.3. The standard InChI is InChI=1S/C54H72N5O15PS4.C16H36N/c1-38(2)59(39(3)4)75(74-31-13-26-55)73-30-10-9-29-72-43-19-12-18-42(34-43)51-40(20-24-49-53(5,6)47-36-45(79(69,70)71)37-57(52(47)56-49)27-14-32-76(60,61)62)16-11-17-41(51)21-25-50-54(7,8)46-35-44(78(66,67)68)22-23-48(46)58(50)28-15-33-77(63,64)65;1-5-9-13-17(14-10-6-2,15-11-7-3)16-12-8-4/h12,18-25,34-39H,9-11,13-17,27-33H2,1-8H3,(H3-,60,61,62,63,64,65,66,67,68,69,70,71);5-16H2,1-4H3/q;+1/p-1. The zero-order valence-corrected chi connectivity index (χ0v) is 62.9. The number of ether oxygens (including phenoxy) is 1. The molecule has 1 unspecified atom stereocenters. The molecule has 0 saturated carbocycles. The van der Waals surface area contributed by atoms with Gasteiger partial charge < -0.3 is 32.3 Å². The molecule has 3 heterocycles. The van der Waals surface area contributed by atoms with Crippen molar-refractivity contribution in [2.24, 2.45) is 4.99 Å². The van der Waals surface area contributed by atoms with E-state index in [-0.39, 0.29) is 51.0 Å². The van der Waals surface area contributed by atoms with Crippen molar-refractivity contribution in [2.45, 2.75) is 225 Å². The van der Waals surface area contributed by atoms with E-state index in [1.54, 1.807) is 0 Å². The summed E-state index contributed by atoms with van der Waals surface area (Å²) in [5.41, 5.74) is 4.39. The van der Waals surface area contributed by atoms with Crippen molar-refractivity contribution in [3.8, 4) is 11.8 Å². The predicted octanol–water partition coefficient (Wildman–Crippen LogP) is 14.0. The number of aromatic nitrogens is 1. The van der Waals surface area contributed by atoms with E-state index in [0.29, 0.717) is 85.1 Å². The van der Waals surface area contributed by atoms with Crippen molar-refractivity contribution in [1.82, 2.24) is 4.67 Å². The highest BCUT2D eigenvalue weighted by Crippen LogP contribution is 2.50. The van der Waals surface area contributed by atoms with Gasteiger partial charge in [0, 0.05) is 41.8 Å². The number of allylic oxidation sites excluding steroid dienone is 8. The van der Waals surface area contributed by atoms with Crippen LogP contribution in [0, 0.1) is 11.3 Å². The zero-order valence-electron chi connectivity index (χ0n) is 58.7. The first kappa shape index (κ1) is 81.9. The number of aryl methyl sites for hydroxylation is 1. The first-order valence-corrected chi connectivity index (χ1v) is 41.3. The number of aliphatic imine (C=N–C) groups is 1. The van der Waals surface area contributed by atoms with Gasteiger partial charge in [0.1, 0.15) is 32.2 Å². The van der Waals surface area contributed by atoms with E-state index in [9.17, 15) is 51.9 Å². The maximum Gasteiger partial charge on any atom is 0.327 e. The van der Waals surface area contributed by atoms with Gasteiger partial charge in [0.2, 0.25) is 0 Å². The smallest absolute Gasteiger partial charge is 0.327 e. The van der Waals surface area contributed by atoms with Gasteiger partial charge in [0.25, 0.3) is 28.8 Å². The summed E-state index contributed by atoms with van der Waals surface area (Å²) in [5.74, 6) is -0.194. The number of unbranched alkanes of at least 4 members (excludes halogenated alkanes) is 5. The number of quaternary nitrogens is 1. The molecule has 0 radical (unpaired) electrons. The van der Waals surface area contributed by atoms with E-state index in [1.807, 2.05) is 81.2 Å². The largest absolute Gasteiger partial charge is 0.744 e. The maximum atomic E-state index is 12.4. The van der Waals surface area contributed by atoms with Crippen molar-refractivity contribution in [3.05, 3.63) is 113 Å². The number of nitrogens with zero attached hydrogens (tertiary/aromatic N) is 6. The first-order valence-electron chi connectivity index (χ1n) is 34.1. The van der Waals surface area contributed by atoms with Crippen LogP contribution in [0.3, 0.4) is 0 Å². The molecular weight excluding hydrogens is 1320 g/mol. The van der Waals surface area contributed by atoms with Gasteiger partial charge in [-0.05, 0) is 187 Å². The van der Waals surface area contributed by atoms with E-state index in [1.165, 1.54) is 111 Å². The van der Waals surface area contributed by atoms with Crippen molar-refractivity contribution in [3.63, 3.8) is 0 Å². The molecule has 2 aliphatic heterocycles. The Bertz CT molecular complexity index is 3720. The lowest BCUT2D eigenvalue weighted by molar-refractivity contribution is -0.929. The van der Waals surface area contributed by atoms with Crippen LogP contribution in [0.4, 0.5) is 11.5 Å². The Morgan fingerprint density at radius 3 is 1.84 bits per heavy atom. The summed E-state index contributed by atoms with van der Waals surface area (Å²) < 4.78 is 164. The van der Waals surface area contributed by atoms with Gasteiger partial charge in [-0.2, -0.15) is 22.1 Å². The van der Waals surface area contributed by atoms with Gasteiger partial charge in [-0.1, -0.05) is 91.5 Å². The first-order chi connectivity index (χ1) is 45.1. The van der Waals surface area contributed by atoms with Crippen LogP contribution in [0.15, 0.2) is 111 Å². The van der Waals surface area contributed by atoms with Gasteiger partial charge in [-0.3, -0.25) is 9.11 Å². The molecule has 3 aliphatic rings. The number of pyridine rings is 1. The van der Waals surface area contributed by atoms with Crippen molar-refractivity contribution < 1.29 is 74.7 Å². The van der Waals surface area contributed by atoms with E-state index < -0.39 is 81.1 Å². The Hall–Kier alpha value is -4.78. The molecule has 0 bridgehead atoms. The molecular formula is C70H107N6O15PS4. The van der Waals surface area contributed by atoms with Gasteiger partial charge >= 0.3 is 5.82 Å². The molecule has 0 fully saturated rings. The summed E-state index contributed by atoms with van der Waals surface area (Å²) in [5, 5.41) is 9.10. The van der Waals surface area contributed by atoms with Crippen LogP contribution in [0.2, 0.25) is 0 Å². The zero-order chi connectivity index (χ0) is 71.3. The Labute approximate surface area is 576 Å². The maximum absolute atomic E-state index is 12.4. The van der Waals surface area contributed by atoms with Crippen LogP contribution in [0.1, 0.15) is 203 Å². The minimum atomic E-state index is -4.96. The number of hydrogen-bond donors (Lipinski definition) is 2. The van der Waals surface area contributed by atoms with Crippen LogP contribution in [-0.2, 0) is 66.9 Å². The molecule has 2 N–H and O–H groups in total. The van der Waals surface area contributed by atoms with Crippen molar-refractivity contribution in [1.29, 1.82) is 5.26 Å². The van der Waals surface area contributed by atoms with E-state index in [0.717, 1.165) is 28.5 Å². The predicted molar refractivity (Wildman–Crippen MR) is 379 cm³/mol. The molecule has 96 heavy (non-hydrogen) atoms. The van der Waals surface area contributed by atoms with Crippen LogP contribution in [0.25, 0.3) is 5.57 Å². The number of rotatable bonds is 39. The SMILES string of the molecule is CC(C)N(C(C)C)P(OCCC#N)OCCCCOc1cccc(C2=C(C=CC3=Nc4c(cc(S(=O)(=O)[O-])c[n+]4CCCS(=O)(=O)O)C3(C)C)CCCC2=CC=C2N(CCCS(=O)(=O)O)c3ccc(S(=O)(=O)[O-])cc3C2(C)C)c1.CCCC[N+](CCCC)(CCCC)CCCC. The summed E-state index contributed by atoms with van der Waals surface area (Å²) in [4.78, 5) is 5.87. The molecule has 1 aliphatic carbocycles. The van der Waals surface area contributed by atoms with Crippen LogP contribution < -0.4 is 14.2 Å². The van der Waals surface area contributed by atoms with Gasteiger partial charge in [-0.25, -0.2) is 26.1 Å². The fourth-order valence-corrected chi connectivity index (χ4v) is 16.4. The Balaban J connectivity index is 0.000000857. The van der Waals surface area contributed by atoms with Gasteiger partial charge in [0.05, 0.1) is 97.3 Å². The quantitative estimate of drug-likeness (QED) is 0.0176. The number of benzene rings is 2. The highest BCUT2D eigenvalue weighted by Gasteiger charge is 2.44. The second-order valence-corrected chi connectivity index (χ2v) is 34.2. The average molecular weight is 1430 g/mol. The number of hydrogen-bond acceptors (Lipinski definition) is 17. The summed E-state index contributed by atoms with van der Waals surface area (Å²) in [7, 11) is -19.8. The summed E-state index contributed by atoms with van der Waals surface area (Å²) in [6.45, 7) is 31.9. The average Bonchev–Trinajstić information content (AvgIpc) is 1.61. The van der Waals surface area contributed by atoms with Gasteiger partial charge in [-0.15, -0.1) is 0 Å². The fourth-order valence-electron chi connectivity index (χ4n) is 12.7. The number of anilines is 1. The van der Waals surface area contributed by atoms with E-state index in [2.05, 4.69) is 66.1 Å². The lowest BCUT2D eigenvalue weighted by atomic mass is 9.80. The molecule has 2 aromatic carbocycles. The highest BCUT2D eigenvalue weighted by atomic mass is 32.2. The molecule has 0 spiro atoms. The van der Waals surface area contributed by atoms with Crippen LogP contribution in [0.5, 0.6) is 5.75 Å². The van der Waals surface area contributed by atoms with Crippen molar-refractivity contribution in [2.75, 3.05) is 69.0 Å². The monoisotopic (exact) mass is 1430 g/mol. The Kier molecular flexibility index (Phi) is 31.6. The highest BCUT2D eigenvalue weighted by molar-refractivity contribution is 7.86. The molecule has 1 aromatic heterocycles. The molecule has 21 nitrogen and oxygen atoms in total. The minimum absolute atomic E-state index is 0.0282. The van der Waals surface area contributed by atoms with E-state index >= 15 is 0 Å². The topological polar surface area (TPSA) is 297 Å². The third-order valence-corrected chi connectivity index (χ3v) is 23.2. The molecule has 3 aromatic rings. The van der Waals surface area contributed by atoms with Crippen LogP contribution >= 0.6 is 8.53 Å². The second-order valence-electron chi connectivity index (χ2n) is 26.8. The van der Waals surface area contributed by atoms with Crippen LogP contribution in [-0.4, -0.2) is 143 Å². The second kappa shape index (κ2) is 37.1. The minimum Gasteiger partial charge on any atom is -0.744 e. The molecule has 1 atom stereocenters. The van der Waals surface area contributed by atoms with Gasteiger partial charge in [0.15, 0.2) is 5.71 Å². The summed E-state index contributed by atoms with van der Waals surface area (Å²) >= 11 is 0. The third kappa shape index (κ3) is 24.0. The molecule has 0 saturated heterocycles.